The summed E-state index contributed by atoms with van der Waals surface area (Å²) in [4.78, 5) is 2.32. The maximum absolute atomic E-state index is 9.47. The summed E-state index contributed by atoms with van der Waals surface area (Å²) in [5.41, 5.74) is 3.49. The lowest BCUT2D eigenvalue weighted by Crippen LogP contribution is -2.32. The Kier molecular flexibility index (Phi) is 3.03. The number of hydrogen-bond acceptors (Lipinski definition) is 3. The topological polar surface area (TPSA) is 32.7 Å². The van der Waals surface area contributed by atoms with Crippen molar-refractivity contribution >= 4 is 5.69 Å². The molecule has 3 rings (SSSR count). The summed E-state index contributed by atoms with van der Waals surface area (Å²) in [7, 11) is 0. The number of rotatable bonds is 2. The van der Waals surface area contributed by atoms with Gasteiger partial charge >= 0.3 is 0 Å². The molecule has 1 N–H and O–H groups in total. The Morgan fingerprint density at radius 3 is 2.89 bits per heavy atom. The van der Waals surface area contributed by atoms with Gasteiger partial charge in [0.05, 0.1) is 12.2 Å². The molecule has 0 saturated carbocycles. The number of phenols is 1. The van der Waals surface area contributed by atoms with Crippen LogP contribution in [0.2, 0.25) is 0 Å². The van der Waals surface area contributed by atoms with Gasteiger partial charge in [-0.3, -0.25) is 0 Å². The van der Waals surface area contributed by atoms with E-state index in [2.05, 4.69) is 11.0 Å². The second kappa shape index (κ2) is 4.84. The summed E-state index contributed by atoms with van der Waals surface area (Å²) in [6.45, 7) is 4.47. The highest BCUT2D eigenvalue weighted by Gasteiger charge is 2.17. The molecule has 2 aromatic rings. The van der Waals surface area contributed by atoms with Gasteiger partial charge < -0.3 is 14.7 Å². The van der Waals surface area contributed by atoms with E-state index >= 15 is 0 Å². The Labute approximate surface area is 113 Å². The van der Waals surface area contributed by atoms with Gasteiger partial charge in [0.2, 0.25) is 0 Å². The normalized spacial score (nSPS) is 13.8. The van der Waals surface area contributed by atoms with Crippen LogP contribution in [0.1, 0.15) is 11.1 Å². The van der Waals surface area contributed by atoms with E-state index in [1.807, 2.05) is 37.3 Å². The van der Waals surface area contributed by atoms with Gasteiger partial charge in [-0.25, -0.2) is 0 Å². The highest BCUT2D eigenvalue weighted by molar-refractivity contribution is 5.60. The van der Waals surface area contributed by atoms with E-state index in [1.54, 1.807) is 6.07 Å². The summed E-state index contributed by atoms with van der Waals surface area (Å²) in [6.07, 6.45) is 0. The first-order valence-electron chi connectivity index (χ1n) is 6.49. The first kappa shape index (κ1) is 11.9. The van der Waals surface area contributed by atoms with Crippen LogP contribution in [-0.4, -0.2) is 18.3 Å². The van der Waals surface area contributed by atoms with Gasteiger partial charge in [-0.2, -0.15) is 0 Å². The van der Waals surface area contributed by atoms with Gasteiger partial charge in [-0.15, -0.1) is 0 Å². The van der Waals surface area contributed by atoms with Gasteiger partial charge in [0.25, 0.3) is 0 Å². The molecule has 0 amide bonds. The molecule has 0 aromatic heterocycles. The Morgan fingerprint density at radius 1 is 1.21 bits per heavy atom. The SMILES string of the molecule is Cc1cc(O)ccc1CN1CCOc2ccccc21. The lowest BCUT2D eigenvalue weighted by atomic mass is 10.1. The molecule has 0 saturated heterocycles. The average molecular weight is 255 g/mol. The molecule has 0 radical (unpaired) electrons. The quantitative estimate of drug-likeness (QED) is 0.895. The minimum absolute atomic E-state index is 0.323. The second-order valence-corrected chi connectivity index (χ2v) is 4.85. The third-order valence-electron chi connectivity index (χ3n) is 3.51. The first-order valence-corrected chi connectivity index (χ1v) is 6.49. The third kappa shape index (κ3) is 2.36. The number of ether oxygens (including phenoxy) is 1. The lowest BCUT2D eigenvalue weighted by molar-refractivity contribution is 0.307. The molecular formula is C16H17NO2. The van der Waals surface area contributed by atoms with E-state index in [9.17, 15) is 5.11 Å². The molecule has 3 heteroatoms. The summed E-state index contributed by atoms with van der Waals surface area (Å²) in [5, 5.41) is 9.47. The zero-order valence-electron chi connectivity index (χ0n) is 11.0. The number of aromatic hydroxyl groups is 1. The van der Waals surface area contributed by atoms with Crippen molar-refractivity contribution in [2.45, 2.75) is 13.5 Å². The van der Waals surface area contributed by atoms with E-state index in [1.165, 1.54) is 5.56 Å². The van der Waals surface area contributed by atoms with Gasteiger partial charge in [0, 0.05) is 6.54 Å². The van der Waals surface area contributed by atoms with E-state index < -0.39 is 0 Å². The molecule has 98 valence electrons. The summed E-state index contributed by atoms with van der Waals surface area (Å²) < 4.78 is 5.66. The highest BCUT2D eigenvalue weighted by Crippen LogP contribution is 2.32. The zero-order chi connectivity index (χ0) is 13.2. The Balaban J connectivity index is 1.88. The number of para-hydroxylation sites is 2. The van der Waals surface area contributed by atoms with Gasteiger partial charge in [-0.05, 0) is 42.3 Å². The van der Waals surface area contributed by atoms with Crippen molar-refractivity contribution in [2.24, 2.45) is 0 Å². The van der Waals surface area contributed by atoms with E-state index in [0.717, 1.165) is 30.1 Å². The molecular weight excluding hydrogens is 238 g/mol. The highest BCUT2D eigenvalue weighted by atomic mass is 16.5. The van der Waals surface area contributed by atoms with Gasteiger partial charge in [0.1, 0.15) is 18.1 Å². The van der Waals surface area contributed by atoms with Gasteiger partial charge in [0.15, 0.2) is 0 Å². The van der Waals surface area contributed by atoms with E-state index in [4.69, 9.17) is 4.74 Å². The second-order valence-electron chi connectivity index (χ2n) is 4.85. The predicted octanol–water partition coefficient (Wildman–Crippen LogP) is 3.10. The van der Waals surface area contributed by atoms with Crippen LogP contribution in [-0.2, 0) is 6.54 Å². The van der Waals surface area contributed by atoms with Crippen LogP contribution < -0.4 is 9.64 Å². The minimum Gasteiger partial charge on any atom is -0.508 e. The fourth-order valence-electron chi connectivity index (χ4n) is 2.45. The number of benzene rings is 2. The molecule has 1 aliphatic rings. The van der Waals surface area contributed by atoms with Crippen LogP contribution in [0.25, 0.3) is 0 Å². The molecule has 0 aliphatic carbocycles. The van der Waals surface area contributed by atoms with E-state index in [0.29, 0.717) is 12.4 Å². The van der Waals surface area contributed by atoms with Crippen LogP contribution >= 0.6 is 0 Å². The summed E-state index contributed by atoms with van der Waals surface area (Å²) >= 11 is 0. The maximum atomic E-state index is 9.47. The van der Waals surface area contributed by atoms with Crippen molar-refractivity contribution in [3.63, 3.8) is 0 Å². The number of fused-ring (bicyclic) bond motifs is 1. The summed E-state index contributed by atoms with van der Waals surface area (Å²) in [6, 6.07) is 13.7. The van der Waals surface area contributed by atoms with Crippen molar-refractivity contribution in [3.05, 3.63) is 53.6 Å². The molecule has 0 unspecified atom stereocenters. The van der Waals surface area contributed by atoms with Crippen molar-refractivity contribution < 1.29 is 9.84 Å². The van der Waals surface area contributed by atoms with Crippen LogP contribution in [0.4, 0.5) is 5.69 Å². The Bertz CT molecular complexity index is 595. The van der Waals surface area contributed by atoms with E-state index in [-0.39, 0.29) is 0 Å². The fraction of sp³-hybridized carbons (Fsp3) is 0.250. The fourth-order valence-corrected chi connectivity index (χ4v) is 2.45. The molecule has 1 aliphatic heterocycles. The number of hydrogen-bond donors (Lipinski definition) is 1. The molecule has 0 fully saturated rings. The largest absolute Gasteiger partial charge is 0.508 e. The number of phenolic OH excluding ortho intramolecular Hbond substituents is 1. The number of aryl methyl sites for hydroxylation is 1. The monoisotopic (exact) mass is 255 g/mol. The molecule has 0 bridgehead atoms. The van der Waals surface area contributed by atoms with Crippen molar-refractivity contribution in [3.8, 4) is 11.5 Å². The Hall–Kier alpha value is -2.16. The average Bonchev–Trinajstić information content (AvgIpc) is 2.42. The molecule has 0 atom stereocenters. The van der Waals surface area contributed by atoms with Crippen molar-refractivity contribution in [1.29, 1.82) is 0 Å². The standard InChI is InChI=1S/C16H17NO2/c1-12-10-14(18)7-6-13(12)11-17-8-9-19-16-5-3-2-4-15(16)17/h2-7,10,18H,8-9,11H2,1H3. The van der Waals surface area contributed by atoms with Crippen LogP contribution in [0.3, 0.4) is 0 Å². The smallest absolute Gasteiger partial charge is 0.142 e. The molecule has 19 heavy (non-hydrogen) atoms. The van der Waals surface area contributed by atoms with Gasteiger partial charge in [-0.1, -0.05) is 18.2 Å². The van der Waals surface area contributed by atoms with Crippen molar-refractivity contribution in [1.82, 2.24) is 0 Å². The summed E-state index contributed by atoms with van der Waals surface area (Å²) in [5.74, 6) is 1.27. The van der Waals surface area contributed by atoms with Crippen LogP contribution in [0.5, 0.6) is 11.5 Å². The maximum Gasteiger partial charge on any atom is 0.142 e. The first-order chi connectivity index (χ1) is 9.24. The van der Waals surface area contributed by atoms with Crippen molar-refractivity contribution in [2.75, 3.05) is 18.1 Å². The molecule has 3 nitrogen and oxygen atoms in total. The zero-order valence-corrected chi connectivity index (χ0v) is 11.0. The van der Waals surface area contributed by atoms with Crippen LogP contribution in [0, 0.1) is 6.92 Å². The number of nitrogens with zero attached hydrogens (tertiary/aromatic N) is 1. The minimum atomic E-state index is 0.323. The molecule has 0 spiro atoms. The molecule has 2 aromatic carbocycles. The third-order valence-corrected chi connectivity index (χ3v) is 3.51. The Morgan fingerprint density at radius 2 is 2.05 bits per heavy atom. The predicted molar refractivity (Wildman–Crippen MR) is 75.8 cm³/mol. The van der Waals surface area contributed by atoms with Crippen LogP contribution in [0.15, 0.2) is 42.5 Å². The lowest BCUT2D eigenvalue weighted by Gasteiger charge is -2.31. The molecule has 1 heterocycles. The number of anilines is 1.